The zero-order chi connectivity index (χ0) is 21.1. The molecule has 1 aliphatic rings. The van der Waals surface area contributed by atoms with E-state index in [-0.39, 0.29) is 23.6 Å². The summed E-state index contributed by atoms with van der Waals surface area (Å²) >= 11 is 0. The van der Waals surface area contributed by atoms with Crippen molar-refractivity contribution in [2.45, 2.75) is 37.8 Å². The van der Waals surface area contributed by atoms with E-state index in [2.05, 4.69) is 0 Å². The highest BCUT2D eigenvalue weighted by Crippen LogP contribution is 2.44. The number of hydrogen-bond acceptors (Lipinski definition) is 4. The smallest absolute Gasteiger partial charge is 0.124 e. The Kier molecular flexibility index (Phi) is 5.88. The Morgan fingerprint density at radius 1 is 0.567 bits per heavy atom. The van der Waals surface area contributed by atoms with Crippen molar-refractivity contribution >= 4 is 21.5 Å². The van der Waals surface area contributed by atoms with E-state index in [1.54, 1.807) is 12.1 Å². The van der Waals surface area contributed by atoms with Gasteiger partial charge in [-0.3, -0.25) is 0 Å². The van der Waals surface area contributed by atoms with Crippen LogP contribution in [0, 0.1) is 0 Å². The molecule has 4 aromatic rings. The van der Waals surface area contributed by atoms with Crippen LogP contribution < -0.4 is 11.5 Å². The maximum Gasteiger partial charge on any atom is 0.124 e. The molecule has 0 heterocycles. The summed E-state index contributed by atoms with van der Waals surface area (Å²) in [4.78, 5) is 0. The van der Waals surface area contributed by atoms with Crippen molar-refractivity contribution in [2.24, 2.45) is 11.5 Å². The van der Waals surface area contributed by atoms with Gasteiger partial charge in [0, 0.05) is 23.2 Å². The van der Waals surface area contributed by atoms with Gasteiger partial charge in [-0.2, -0.15) is 0 Å². The van der Waals surface area contributed by atoms with Gasteiger partial charge in [-0.1, -0.05) is 73.5 Å². The molecule has 0 aromatic heterocycles. The molecule has 154 valence electrons. The first-order valence-electron chi connectivity index (χ1n) is 10.5. The van der Waals surface area contributed by atoms with Crippen molar-refractivity contribution in [1.82, 2.24) is 0 Å². The third kappa shape index (κ3) is 3.97. The van der Waals surface area contributed by atoms with Crippen molar-refractivity contribution in [3.63, 3.8) is 0 Å². The van der Waals surface area contributed by atoms with Crippen LogP contribution in [0.1, 0.15) is 25.7 Å². The lowest BCUT2D eigenvalue weighted by molar-refractivity contribution is 0.385. The molecule has 4 heteroatoms. The number of fused-ring (bicyclic) bond motifs is 2. The van der Waals surface area contributed by atoms with Gasteiger partial charge in [0.15, 0.2) is 0 Å². The largest absolute Gasteiger partial charge is 0.507 e. The average molecular weight is 401 g/mol. The molecule has 0 bridgehead atoms. The van der Waals surface area contributed by atoms with Crippen molar-refractivity contribution in [2.75, 3.05) is 0 Å². The first kappa shape index (κ1) is 20.2. The molecule has 0 spiro atoms. The quantitative estimate of drug-likeness (QED) is 0.349. The van der Waals surface area contributed by atoms with E-state index in [1.165, 1.54) is 12.8 Å². The lowest BCUT2D eigenvalue weighted by atomic mass is 9.92. The van der Waals surface area contributed by atoms with Gasteiger partial charge < -0.3 is 21.7 Å². The van der Waals surface area contributed by atoms with E-state index in [9.17, 15) is 10.2 Å². The van der Waals surface area contributed by atoms with Crippen LogP contribution in [-0.4, -0.2) is 22.3 Å². The SMILES string of the molecule is N[C@@H]1CCCC[C@H]1N.Oc1ccc2ccccc2c1-c1c(O)ccc2ccccc12. The van der Waals surface area contributed by atoms with Gasteiger partial charge in [0.1, 0.15) is 11.5 Å². The molecule has 1 fully saturated rings. The standard InChI is InChI=1S/C20H14O2.C6H14N2/c21-17-11-9-13-5-1-3-7-15(13)19(17)20-16-8-4-2-6-14(16)10-12-18(20)22;7-5-3-1-2-4-6(5)8/h1-12,21-22H;5-6H,1-4,7-8H2/t;5-,6-/m.1/s1. The summed E-state index contributed by atoms with van der Waals surface area (Å²) in [5.41, 5.74) is 12.7. The zero-order valence-electron chi connectivity index (χ0n) is 17.0. The molecular formula is C26H28N2O2. The minimum Gasteiger partial charge on any atom is -0.507 e. The van der Waals surface area contributed by atoms with Crippen molar-refractivity contribution < 1.29 is 10.2 Å². The van der Waals surface area contributed by atoms with Crippen LogP contribution in [-0.2, 0) is 0 Å². The number of nitrogens with two attached hydrogens (primary N) is 2. The molecule has 0 aliphatic heterocycles. The Morgan fingerprint density at radius 2 is 0.967 bits per heavy atom. The van der Waals surface area contributed by atoms with Gasteiger partial charge >= 0.3 is 0 Å². The summed E-state index contributed by atoms with van der Waals surface area (Å²) in [6.45, 7) is 0. The summed E-state index contributed by atoms with van der Waals surface area (Å²) in [7, 11) is 0. The second-order valence-electron chi connectivity index (χ2n) is 7.97. The third-order valence-corrected chi connectivity index (χ3v) is 5.94. The van der Waals surface area contributed by atoms with E-state index in [4.69, 9.17) is 11.5 Å². The van der Waals surface area contributed by atoms with Gasteiger partial charge in [0.05, 0.1) is 0 Å². The zero-order valence-corrected chi connectivity index (χ0v) is 17.0. The fraction of sp³-hybridized carbons (Fsp3) is 0.231. The molecule has 2 atom stereocenters. The van der Waals surface area contributed by atoms with E-state index in [0.29, 0.717) is 11.1 Å². The lowest BCUT2D eigenvalue weighted by Crippen LogP contribution is -2.43. The summed E-state index contributed by atoms with van der Waals surface area (Å²) in [5.74, 6) is 0.343. The molecule has 6 N–H and O–H groups in total. The monoisotopic (exact) mass is 400 g/mol. The minimum atomic E-state index is 0.172. The minimum absolute atomic E-state index is 0.172. The summed E-state index contributed by atoms with van der Waals surface area (Å²) in [6, 6.07) is 23.4. The number of rotatable bonds is 1. The average Bonchev–Trinajstić information content (AvgIpc) is 2.77. The summed E-state index contributed by atoms with van der Waals surface area (Å²) in [5, 5.41) is 24.8. The van der Waals surface area contributed by atoms with Crippen molar-refractivity contribution in [3.8, 4) is 22.6 Å². The van der Waals surface area contributed by atoms with Crippen molar-refractivity contribution in [3.05, 3.63) is 72.8 Å². The molecule has 4 nitrogen and oxygen atoms in total. The molecule has 30 heavy (non-hydrogen) atoms. The van der Waals surface area contributed by atoms with Crippen LogP contribution in [0.5, 0.6) is 11.5 Å². The first-order valence-corrected chi connectivity index (χ1v) is 10.5. The Bertz CT molecular complexity index is 1080. The second kappa shape index (κ2) is 8.74. The lowest BCUT2D eigenvalue weighted by Gasteiger charge is -2.24. The molecule has 0 saturated heterocycles. The van der Waals surface area contributed by atoms with E-state index < -0.39 is 0 Å². The first-order chi connectivity index (χ1) is 14.6. The highest BCUT2D eigenvalue weighted by molar-refractivity contribution is 6.09. The second-order valence-corrected chi connectivity index (χ2v) is 7.97. The highest BCUT2D eigenvalue weighted by Gasteiger charge is 2.17. The Morgan fingerprint density at radius 3 is 1.37 bits per heavy atom. The maximum absolute atomic E-state index is 10.4. The number of benzene rings is 4. The summed E-state index contributed by atoms with van der Waals surface area (Å²) in [6.07, 6.45) is 4.80. The fourth-order valence-corrected chi connectivity index (χ4v) is 4.23. The fourth-order valence-electron chi connectivity index (χ4n) is 4.23. The number of aromatic hydroxyl groups is 2. The summed E-state index contributed by atoms with van der Waals surface area (Å²) < 4.78 is 0. The normalized spacial score (nSPS) is 18.7. The highest BCUT2D eigenvalue weighted by atomic mass is 16.3. The molecule has 1 aliphatic carbocycles. The van der Waals surface area contributed by atoms with E-state index in [1.807, 2.05) is 60.7 Å². The Balaban J connectivity index is 0.000000230. The molecule has 0 radical (unpaired) electrons. The van der Waals surface area contributed by atoms with Crippen LogP contribution in [0.3, 0.4) is 0 Å². The van der Waals surface area contributed by atoms with Crippen LogP contribution in [0.15, 0.2) is 72.8 Å². The molecule has 5 rings (SSSR count). The van der Waals surface area contributed by atoms with Gasteiger partial charge in [-0.25, -0.2) is 0 Å². The number of phenols is 2. The predicted molar refractivity (Wildman–Crippen MR) is 125 cm³/mol. The number of hydrogen-bond donors (Lipinski definition) is 4. The van der Waals surface area contributed by atoms with Crippen LogP contribution in [0.25, 0.3) is 32.7 Å². The predicted octanol–water partition coefficient (Wildman–Crippen LogP) is 5.29. The van der Waals surface area contributed by atoms with Gasteiger partial charge in [-0.05, 0) is 46.5 Å². The molecule has 4 aromatic carbocycles. The topological polar surface area (TPSA) is 92.5 Å². The molecule has 0 amide bonds. The van der Waals surface area contributed by atoms with Crippen molar-refractivity contribution in [1.29, 1.82) is 0 Å². The third-order valence-electron chi connectivity index (χ3n) is 5.94. The van der Waals surface area contributed by atoms with Gasteiger partial charge in [-0.15, -0.1) is 0 Å². The Hall–Kier alpha value is -3.08. The molecule has 1 saturated carbocycles. The molecule has 0 unspecified atom stereocenters. The van der Waals surface area contributed by atoms with Crippen LogP contribution in [0.2, 0.25) is 0 Å². The molecular weight excluding hydrogens is 372 g/mol. The van der Waals surface area contributed by atoms with Gasteiger partial charge in [0.2, 0.25) is 0 Å². The van der Waals surface area contributed by atoms with E-state index >= 15 is 0 Å². The van der Waals surface area contributed by atoms with Gasteiger partial charge in [0.25, 0.3) is 0 Å². The van der Waals surface area contributed by atoms with Crippen LogP contribution >= 0.6 is 0 Å². The Labute approximate surface area is 176 Å². The van der Waals surface area contributed by atoms with E-state index in [0.717, 1.165) is 34.4 Å². The maximum atomic E-state index is 10.4. The number of phenolic OH excluding ortho intramolecular Hbond substituents is 2. The van der Waals surface area contributed by atoms with Crippen LogP contribution in [0.4, 0.5) is 0 Å².